The molecule has 45 heavy (non-hydrogen) atoms. The number of rotatable bonds is 9. The second-order valence-electron chi connectivity index (χ2n) is 10.1. The highest BCUT2D eigenvalue weighted by Crippen LogP contribution is 2.43. The van der Waals surface area contributed by atoms with E-state index in [1.165, 1.54) is 24.0 Å². The number of anilines is 2. The number of fused-ring (bicyclic) bond motifs is 3. The number of aromatic nitrogens is 1. The standard InChI is InChI=1S/C30H38ClN5.C3H4.3C2H6/c1-7-12-23(9-3)18-25-14-11-17-34(25)19-24-20-35-27-15-10-16-32-29(27)36(30(35)33-22(24)6)28(21(4)5)26(31)13-8-2;1-3-2;3*1-2/h7,9-10,12-13,15-16,25H,1,3,8,11,14,17-20H2,2,4-6H3;1H,2H3;3*1-2H3/b23-12+,26-13+;;;;. The van der Waals surface area contributed by atoms with Crippen LogP contribution in [0.5, 0.6) is 0 Å². The molecule has 1 fully saturated rings. The van der Waals surface area contributed by atoms with Crippen molar-refractivity contribution in [2.75, 3.05) is 29.4 Å². The molecule has 0 spiro atoms. The van der Waals surface area contributed by atoms with E-state index in [0.29, 0.717) is 6.04 Å². The summed E-state index contributed by atoms with van der Waals surface area (Å²) in [5.74, 6) is 4.01. The summed E-state index contributed by atoms with van der Waals surface area (Å²) in [4.78, 5) is 17.0. The first-order valence-corrected chi connectivity index (χ1v) is 17.1. The lowest BCUT2D eigenvalue weighted by molar-refractivity contribution is 0.272. The van der Waals surface area contributed by atoms with Gasteiger partial charge in [0.1, 0.15) is 0 Å². The maximum absolute atomic E-state index is 6.81. The minimum atomic E-state index is 0.513. The normalized spacial score (nSPS) is 16.9. The van der Waals surface area contributed by atoms with Crippen molar-refractivity contribution in [3.05, 3.63) is 88.9 Å². The average Bonchev–Trinajstić information content (AvgIpc) is 3.62. The quantitative estimate of drug-likeness (QED) is 0.200. The van der Waals surface area contributed by atoms with E-state index in [9.17, 15) is 0 Å². The van der Waals surface area contributed by atoms with Gasteiger partial charge in [0, 0.05) is 24.5 Å². The number of terminal acetylenes is 1. The first-order valence-electron chi connectivity index (χ1n) is 16.7. The van der Waals surface area contributed by atoms with E-state index in [1.807, 2.05) is 66.0 Å². The Morgan fingerprint density at radius 1 is 1.16 bits per heavy atom. The molecule has 3 aliphatic rings. The molecule has 0 aromatic carbocycles. The predicted molar refractivity (Wildman–Crippen MR) is 203 cm³/mol. The third-order valence-corrected chi connectivity index (χ3v) is 7.44. The molecule has 0 radical (unpaired) electrons. The van der Waals surface area contributed by atoms with E-state index in [0.717, 1.165) is 71.9 Å². The predicted octanol–water partition coefficient (Wildman–Crippen LogP) is 11.0. The Bertz CT molecular complexity index is 1270. The van der Waals surface area contributed by atoms with Gasteiger partial charge in [-0.25, -0.2) is 9.98 Å². The maximum atomic E-state index is 6.81. The largest absolute Gasteiger partial charge is 0.304 e. The van der Waals surface area contributed by atoms with Crippen LogP contribution in [-0.4, -0.2) is 41.5 Å². The average molecular weight is 634 g/mol. The molecule has 0 saturated carbocycles. The number of nitrogens with zero attached hydrogens (tertiary/aromatic N) is 5. The van der Waals surface area contributed by atoms with E-state index in [-0.39, 0.29) is 0 Å². The van der Waals surface area contributed by atoms with Crippen molar-refractivity contribution < 1.29 is 0 Å². The summed E-state index contributed by atoms with van der Waals surface area (Å²) in [5.41, 5.74) is 6.84. The third-order valence-electron chi connectivity index (χ3n) is 7.10. The molecule has 0 aliphatic carbocycles. The van der Waals surface area contributed by atoms with Gasteiger partial charge in [0.05, 0.1) is 23.0 Å². The van der Waals surface area contributed by atoms with Crippen molar-refractivity contribution in [2.24, 2.45) is 4.99 Å². The zero-order valence-corrected chi connectivity index (χ0v) is 30.9. The van der Waals surface area contributed by atoms with Crippen LogP contribution in [0.3, 0.4) is 0 Å². The monoisotopic (exact) mass is 633 g/mol. The Kier molecular flexibility index (Phi) is 21.4. The first kappa shape index (κ1) is 41.7. The van der Waals surface area contributed by atoms with E-state index in [1.54, 1.807) is 6.92 Å². The topological polar surface area (TPSA) is 35.0 Å². The van der Waals surface area contributed by atoms with Crippen LogP contribution in [0.15, 0.2) is 93.9 Å². The van der Waals surface area contributed by atoms with E-state index < -0.39 is 0 Å². The Hall–Kier alpha value is -3.33. The summed E-state index contributed by atoms with van der Waals surface area (Å²) in [5, 5.41) is 0.733. The molecule has 3 aliphatic heterocycles. The van der Waals surface area contributed by atoms with E-state index in [2.05, 4.69) is 86.1 Å². The number of guanidine groups is 1. The van der Waals surface area contributed by atoms with Crippen LogP contribution in [0, 0.1) is 12.3 Å². The molecule has 0 amide bonds. The van der Waals surface area contributed by atoms with Crippen molar-refractivity contribution >= 4 is 29.1 Å². The highest BCUT2D eigenvalue weighted by Gasteiger charge is 2.40. The fourth-order valence-electron chi connectivity index (χ4n) is 5.33. The van der Waals surface area contributed by atoms with Crippen LogP contribution in [-0.2, 0) is 0 Å². The summed E-state index contributed by atoms with van der Waals surface area (Å²) in [6, 6.07) is 4.64. The van der Waals surface area contributed by atoms with Gasteiger partial charge in [0.15, 0.2) is 5.82 Å². The van der Waals surface area contributed by atoms with Crippen molar-refractivity contribution in [1.82, 2.24) is 9.88 Å². The van der Waals surface area contributed by atoms with Crippen LogP contribution in [0.4, 0.5) is 11.5 Å². The molecule has 1 aromatic heterocycles. The Morgan fingerprint density at radius 2 is 1.80 bits per heavy atom. The molecule has 6 heteroatoms. The van der Waals surface area contributed by atoms with Crippen molar-refractivity contribution in [1.29, 1.82) is 0 Å². The van der Waals surface area contributed by atoms with Gasteiger partial charge in [-0.2, -0.15) is 0 Å². The minimum Gasteiger partial charge on any atom is -0.304 e. The van der Waals surface area contributed by atoms with Crippen LogP contribution in [0.1, 0.15) is 102 Å². The van der Waals surface area contributed by atoms with Gasteiger partial charge in [-0.1, -0.05) is 103 Å². The zero-order chi connectivity index (χ0) is 34.5. The molecule has 1 aromatic rings. The number of allylic oxidation sites excluding steroid dienone is 7. The Balaban J connectivity index is 0.00000196. The molecule has 1 unspecified atom stereocenters. The van der Waals surface area contributed by atoms with Crippen molar-refractivity contribution in [3.63, 3.8) is 0 Å². The van der Waals surface area contributed by atoms with Gasteiger partial charge in [0.2, 0.25) is 5.96 Å². The molecule has 5 nitrogen and oxygen atoms in total. The third kappa shape index (κ3) is 11.2. The van der Waals surface area contributed by atoms with Crippen LogP contribution in [0.2, 0.25) is 0 Å². The highest BCUT2D eigenvalue weighted by molar-refractivity contribution is 6.34. The Morgan fingerprint density at radius 3 is 2.36 bits per heavy atom. The smallest absolute Gasteiger partial charge is 0.217 e. The van der Waals surface area contributed by atoms with Gasteiger partial charge in [-0.05, 0) is 83.2 Å². The number of aliphatic imine (C=N–C) groups is 1. The fourth-order valence-corrected chi connectivity index (χ4v) is 5.76. The van der Waals surface area contributed by atoms with E-state index in [4.69, 9.17) is 21.6 Å². The lowest BCUT2D eigenvalue weighted by Gasteiger charge is -2.33. The summed E-state index contributed by atoms with van der Waals surface area (Å²) >= 11 is 6.81. The first-order chi connectivity index (χ1) is 21.8. The molecule has 0 bridgehead atoms. The van der Waals surface area contributed by atoms with Gasteiger partial charge < -0.3 is 4.90 Å². The second kappa shape index (κ2) is 23.1. The van der Waals surface area contributed by atoms with Crippen LogP contribution in [0.25, 0.3) is 0 Å². The SMILES string of the molecule is C#CC.C=C/C=C(\C=C)CC1CCCN1CC1=C(C)N=C2N(C1)c1cccnc1N2C(=C(C)C)/C(Cl)=C\CC.CC.CC.CC. The van der Waals surface area contributed by atoms with Gasteiger partial charge >= 0.3 is 0 Å². The molecule has 1 atom stereocenters. The summed E-state index contributed by atoms with van der Waals surface area (Å²) in [6.07, 6.45) is 18.7. The summed E-state index contributed by atoms with van der Waals surface area (Å²) < 4.78 is 0. The molecular weight excluding hydrogens is 574 g/mol. The molecular formula is C39H60ClN5. The number of hydrogen-bond donors (Lipinski definition) is 0. The van der Waals surface area contributed by atoms with Crippen molar-refractivity contribution in [2.45, 2.75) is 108 Å². The highest BCUT2D eigenvalue weighted by atomic mass is 35.5. The number of likely N-dealkylation sites (tertiary alicyclic amines) is 1. The van der Waals surface area contributed by atoms with Crippen LogP contribution < -0.4 is 9.80 Å². The van der Waals surface area contributed by atoms with Crippen molar-refractivity contribution in [3.8, 4) is 12.3 Å². The van der Waals surface area contributed by atoms with Gasteiger partial charge in [0.25, 0.3) is 0 Å². The molecule has 248 valence electrons. The molecule has 0 N–H and O–H groups in total. The second-order valence-corrected chi connectivity index (χ2v) is 10.5. The number of pyridine rings is 1. The summed E-state index contributed by atoms with van der Waals surface area (Å²) in [6.45, 7) is 32.8. The Labute approximate surface area is 281 Å². The number of halogens is 1. The van der Waals surface area contributed by atoms with Gasteiger partial charge in [-0.15, -0.1) is 12.3 Å². The van der Waals surface area contributed by atoms with Gasteiger partial charge in [-0.3, -0.25) is 9.80 Å². The zero-order valence-electron chi connectivity index (χ0n) is 30.2. The van der Waals surface area contributed by atoms with Crippen LogP contribution >= 0.6 is 11.6 Å². The molecule has 4 rings (SSSR count). The van der Waals surface area contributed by atoms with E-state index >= 15 is 0 Å². The lowest BCUT2D eigenvalue weighted by Crippen LogP contribution is -2.44. The fraction of sp³-hybridized carbons (Fsp3) is 0.487. The minimum absolute atomic E-state index is 0.513. The molecule has 1 saturated heterocycles. The summed E-state index contributed by atoms with van der Waals surface area (Å²) in [7, 11) is 0. The lowest BCUT2D eigenvalue weighted by atomic mass is 10.0. The maximum Gasteiger partial charge on any atom is 0.217 e. The molecule has 4 heterocycles. The number of hydrogen-bond acceptors (Lipinski definition) is 5.